The summed E-state index contributed by atoms with van der Waals surface area (Å²) in [5.41, 5.74) is 1.21. The second-order valence-corrected chi connectivity index (χ2v) is 7.13. The molecule has 0 radical (unpaired) electrons. The maximum absolute atomic E-state index is 13.9. The highest BCUT2D eigenvalue weighted by Crippen LogP contribution is 2.26. The van der Waals surface area contributed by atoms with E-state index in [2.05, 4.69) is 10.3 Å². The van der Waals surface area contributed by atoms with E-state index in [1.54, 1.807) is 30.5 Å². The second kappa shape index (κ2) is 11.0. The van der Waals surface area contributed by atoms with E-state index in [-0.39, 0.29) is 12.4 Å². The Kier molecular flexibility index (Phi) is 8.11. The molecule has 0 bridgehead atoms. The van der Waals surface area contributed by atoms with Crippen LogP contribution in [0.2, 0.25) is 10.0 Å². The molecule has 0 unspecified atom stereocenters. The van der Waals surface area contributed by atoms with Crippen LogP contribution in [0.1, 0.15) is 17.5 Å². The molecule has 3 aromatic rings. The summed E-state index contributed by atoms with van der Waals surface area (Å²) in [5.74, 6) is 0.856. The lowest BCUT2D eigenvalue weighted by molar-refractivity contribution is 0.292. The summed E-state index contributed by atoms with van der Waals surface area (Å²) in [4.78, 5) is 4.11. The predicted molar refractivity (Wildman–Crippen MR) is 113 cm³/mol. The molecule has 0 aliphatic heterocycles. The smallest absolute Gasteiger partial charge is 0.213 e. The van der Waals surface area contributed by atoms with Gasteiger partial charge >= 0.3 is 0 Å². The Hall–Kier alpha value is -2.34. The van der Waals surface area contributed by atoms with Crippen LogP contribution in [0.4, 0.5) is 4.39 Å². The summed E-state index contributed by atoms with van der Waals surface area (Å²) in [6, 6.07) is 15.5. The fourth-order valence-corrected chi connectivity index (χ4v) is 3.09. The van der Waals surface area contributed by atoms with E-state index < -0.39 is 0 Å². The van der Waals surface area contributed by atoms with Gasteiger partial charge in [-0.25, -0.2) is 9.37 Å². The number of hydrogen-bond donors (Lipinski definition) is 1. The summed E-state index contributed by atoms with van der Waals surface area (Å²) in [6.45, 7) is 1.91. The first-order valence-corrected chi connectivity index (χ1v) is 9.98. The van der Waals surface area contributed by atoms with E-state index in [0.717, 1.165) is 18.5 Å². The first kappa shape index (κ1) is 21.4. The van der Waals surface area contributed by atoms with Crippen molar-refractivity contribution in [1.29, 1.82) is 0 Å². The van der Waals surface area contributed by atoms with E-state index >= 15 is 0 Å². The molecule has 0 aliphatic rings. The third kappa shape index (κ3) is 6.60. The number of rotatable bonds is 10. The Morgan fingerprint density at radius 1 is 1.00 bits per heavy atom. The number of hydrogen-bond acceptors (Lipinski definition) is 4. The molecule has 0 aliphatic carbocycles. The maximum Gasteiger partial charge on any atom is 0.213 e. The van der Waals surface area contributed by atoms with Gasteiger partial charge in [0.15, 0.2) is 0 Å². The Labute approximate surface area is 179 Å². The molecular formula is C22H21Cl2FN2O2. The lowest BCUT2D eigenvalue weighted by Crippen LogP contribution is -2.17. The van der Waals surface area contributed by atoms with Gasteiger partial charge in [-0.05, 0) is 49.4 Å². The average molecular weight is 435 g/mol. The Morgan fingerprint density at radius 2 is 1.90 bits per heavy atom. The van der Waals surface area contributed by atoms with Gasteiger partial charge in [0.2, 0.25) is 5.88 Å². The zero-order chi connectivity index (χ0) is 20.5. The van der Waals surface area contributed by atoms with Crippen molar-refractivity contribution >= 4 is 23.2 Å². The van der Waals surface area contributed by atoms with Gasteiger partial charge < -0.3 is 14.8 Å². The maximum atomic E-state index is 13.9. The van der Waals surface area contributed by atoms with Crippen molar-refractivity contribution in [2.45, 2.75) is 19.6 Å². The fourth-order valence-electron chi connectivity index (χ4n) is 2.68. The lowest BCUT2D eigenvalue weighted by Gasteiger charge is -2.14. The van der Waals surface area contributed by atoms with E-state index in [1.165, 1.54) is 6.07 Å². The molecule has 0 atom stereocenters. The van der Waals surface area contributed by atoms with Crippen molar-refractivity contribution in [2.75, 3.05) is 13.2 Å². The number of halogens is 3. The van der Waals surface area contributed by atoms with Crippen molar-refractivity contribution in [2.24, 2.45) is 0 Å². The van der Waals surface area contributed by atoms with Gasteiger partial charge in [0.1, 0.15) is 18.2 Å². The molecular weight excluding hydrogens is 414 g/mol. The van der Waals surface area contributed by atoms with Crippen LogP contribution in [0.3, 0.4) is 0 Å². The second-order valence-electron chi connectivity index (χ2n) is 6.29. The van der Waals surface area contributed by atoms with Crippen LogP contribution in [0, 0.1) is 5.82 Å². The molecule has 1 N–H and O–H groups in total. The minimum atomic E-state index is -0.390. The highest BCUT2D eigenvalue weighted by molar-refractivity contribution is 6.31. The molecule has 0 amide bonds. The SMILES string of the molecule is Fc1cccc(Cl)c1COc1ccc(Cl)cc1CNCCCOc1ccccn1. The molecule has 3 rings (SSSR count). The standard InChI is InChI=1S/C22H21Cl2FN2O2/c23-17-8-9-21(29-15-18-19(24)5-3-6-20(18)25)16(13-17)14-26-10-4-12-28-22-7-1-2-11-27-22/h1-3,5-9,11,13,26H,4,10,12,14-15H2. The molecule has 2 aromatic carbocycles. The largest absolute Gasteiger partial charge is 0.488 e. The number of aromatic nitrogens is 1. The molecule has 0 saturated heterocycles. The summed E-state index contributed by atoms with van der Waals surface area (Å²) in [6.07, 6.45) is 2.51. The van der Waals surface area contributed by atoms with Crippen LogP contribution >= 0.6 is 23.2 Å². The van der Waals surface area contributed by atoms with Gasteiger partial charge in [0, 0.05) is 35.0 Å². The van der Waals surface area contributed by atoms with Crippen LogP contribution in [-0.2, 0) is 13.2 Å². The van der Waals surface area contributed by atoms with Crippen LogP contribution in [0.5, 0.6) is 11.6 Å². The summed E-state index contributed by atoms with van der Waals surface area (Å²) < 4.78 is 25.3. The van der Waals surface area contributed by atoms with Crippen LogP contribution in [-0.4, -0.2) is 18.1 Å². The van der Waals surface area contributed by atoms with Crippen molar-refractivity contribution < 1.29 is 13.9 Å². The Bertz CT molecular complexity index is 906. The van der Waals surface area contributed by atoms with Gasteiger partial charge in [0.05, 0.1) is 11.6 Å². The monoisotopic (exact) mass is 434 g/mol. The summed E-state index contributed by atoms with van der Waals surface area (Å²) in [7, 11) is 0. The number of pyridine rings is 1. The van der Waals surface area contributed by atoms with Crippen molar-refractivity contribution in [3.63, 3.8) is 0 Å². The summed E-state index contributed by atoms with van der Waals surface area (Å²) >= 11 is 12.2. The predicted octanol–water partition coefficient (Wildman–Crippen LogP) is 5.67. The topological polar surface area (TPSA) is 43.4 Å². The molecule has 0 spiro atoms. The van der Waals surface area contributed by atoms with Crippen LogP contribution in [0.25, 0.3) is 0 Å². The molecule has 152 valence electrons. The first-order chi connectivity index (χ1) is 14.1. The zero-order valence-electron chi connectivity index (χ0n) is 15.7. The Morgan fingerprint density at radius 3 is 2.69 bits per heavy atom. The van der Waals surface area contributed by atoms with E-state index in [0.29, 0.717) is 40.4 Å². The molecule has 4 nitrogen and oxygen atoms in total. The fraction of sp³-hybridized carbons (Fsp3) is 0.227. The van der Waals surface area contributed by atoms with E-state index in [9.17, 15) is 4.39 Å². The average Bonchev–Trinajstić information content (AvgIpc) is 2.72. The molecule has 1 heterocycles. The number of nitrogens with one attached hydrogen (secondary N) is 1. The van der Waals surface area contributed by atoms with Gasteiger partial charge in [0.25, 0.3) is 0 Å². The zero-order valence-corrected chi connectivity index (χ0v) is 17.2. The third-order valence-corrected chi connectivity index (χ3v) is 4.75. The molecule has 1 aromatic heterocycles. The van der Waals surface area contributed by atoms with Crippen molar-refractivity contribution in [3.8, 4) is 11.6 Å². The molecule has 0 saturated carbocycles. The van der Waals surface area contributed by atoms with Crippen LogP contribution < -0.4 is 14.8 Å². The third-order valence-electron chi connectivity index (χ3n) is 4.16. The lowest BCUT2D eigenvalue weighted by atomic mass is 10.2. The highest BCUT2D eigenvalue weighted by Gasteiger charge is 2.10. The van der Waals surface area contributed by atoms with E-state index in [1.807, 2.05) is 24.3 Å². The first-order valence-electron chi connectivity index (χ1n) is 9.22. The highest BCUT2D eigenvalue weighted by atomic mass is 35.5. The molecule has 29 heavy (non-hydrogen) atoms. The minimum Gasteiger partial charge on any atom is -0.488 e. The van der Waals surface area contributed by atoms with Gasteiger partial charge in [-0.2, -0.15) is 0 Å². The Balaban J connectivity index is 1.49. The summed E-state index contributed by atoms with van der Waals surface area (Å²) in [5, 5.41) is 4.28. The number of benzene rings is 2. The molecule has 7 heteroatoms. The minimum absolute atomic E-state index is 0.0397. The number of ether oxygens (including phenoxy) is 2. The quantitative estimate of drug-likeness (QED) is 0.417. The van der Waals surface area contributed by atoms with Gasteiger partial charge in [-0.1, -0.05) is 35.3 Å². The normalized spacial score (nSPS) is 10.7. The van der Waals surface area contributed by atoms with Gasteiger partial charge in [-0.3, -0.25) is 0 Å². The van der Waals surface area contributed by atoms with Crippen molar-refractivity contribution in [3.05, 3.63) is 87.8 Å². The molecule has 0 fully saturated rings. The number of nitrogens with zero attached hydrogens (tertiary/aromatic N) is 1. The van der Waals surface area contributed by atoms with Crippen LogP contribution in [0.15, 0.2) is 60.8 Å². The van der Waals surface area contributed by atoms with Crippen molar-refractivity contribution in [1.82, 2.24) is 10.3 Å². The van der Waals surface area contributed by atoms with E-state index in [4.69, 9.17) is 32.7 Å². The van der Waals surface area contributed by atoms with Gasteiger partial charge in [-0.15, -0.1) is 0 Å².